The van der Waals surface area contributed by atoms with Crippen molar-refractivity contribution in [1.29, 1.82) is 0 Å². The maximum absolute atomic E-state index is 13.0. The van der Waals surface area contributed by atoms with E-state index in [9.17, 15) is 4.79 Å². The number of benzene rings is 3. The maximum atomic E-state index is 13.0. The first-order valence-electron chi connectivity index (χ1n) is 10.5. The zero-order chi connectivity index (χ0) is 22.1. The molecule has 0 aromatic heterocycles. The van der Waals surface area contributed by atoms with Crippen molar-refractivity contribution < 1.29 is 14.3 Å². The number of hydrogen-bond donors (Lipinski definition) is 1. The topological polar surface area (TPSA) is 47.6 Å². The van der Waals surface area contributed by atoms with Crippen LogP contribution in [0.1, 0.15) is 48.1 Å². The number of ketones is 1. The Morgan fingerprint density at radius 2 is 1.58 bits per heavy atom. The molecule has 0 unspecified atom stereocenters. The Labute approximate surface area is 198 Å². The Kier molecular flexibility index (Phi) is 8.76. The number of ether oxygens (including phenoxy) is 2. The number of carbonyl (C=O) groups excluding carboxylic acids is 1. The van der Waals surface area contributed by atoms with Gasteiger partial charge in [-0.25, -0.2) is 0 Å². The number of hydrogen-bond acceptors (Lipinski definition) is 4. The zero-order valence-corrected chi connectivity index (χ0v) is 20.1. The quantitative estimate of drug-likeness (QED) is 0.167. The Hall–Kier alpha value is -2.54. The van der Waals surface area contributed by atoms with Crippen LogP contribution in [0.15, 0.2) is 72.8 Å². The molecule has 162 valence electrons. The van der Waals surface area contributed by atoms with E-state index >= 15 is 0 Å². The molecule has 0 aliphatic carbocycles. The smallest absolute Gasteiger partial charge is 0.165 e. The van der Waals surface area contributed by atoms with E-state index in [1.54, 1.807) is 7.11 Å². The molecule has 31 heavy (non-hydrogen) atoms. The Bertz CT molecular complexity index is 953. The fourth-order valence-electron chi connectivity index (χ4n) is 3.21. The van der Waals surface area contributed by atoms with Crippen LogP contribution in [0, 0.1) is 3.57 Å². The van der Waals surface area contributed by atoms with Crippen molar-refractivity contribution in [3.63, 3.8) is 0 Å². The van der Waals surface area contributed by atoms with Crippen molar-refractivity contribution >= 4 is 34.1 Å². The van der Waals surface area contributed by atoms with Crippen molar-refractivity contribution in [1.82, 2.24) is 0 Å². The normalized spacial score (nSPS) is 11.6. The predicted molar refractivity (Wildman–Crippen MR) is 134 cm³/mol. The highest BCUT2D eigenvalue weighted by atomic mass is 127. The zero-order valence-electron chi connectivity index (χ0n) is 17.9. The molecular formula is C26H28INO3. The van der Waals surface area contributed by atoms with Gasteiger partial charge in [-0.05, 0) is 95.2 Å². The molecule has 1 atom stereocenters. The van der Waals surface area contributed by atoms with Crippen molar-refractivity contribution in [3.8, 4) is 11.5 Å². The van der Waals surface area contributed by atoms with Gasteiger partial charge < -0.3 is 14.8 Å². The average Bonchev–Trinajstić information content (AvgIpc) is 2.80. The number of unbranched alkanes of at least 4 members (excludes halogenated alkanes) is 1. The number of rotatable bonds is 11. The van der Waals surface area contributed by atoms with Gasteiger partial charge in [0.05, 0.1) is 19.8 Å². The molecule has 3 rings (SSSR count). The van der Waals surface area contributed by atoms with Gasteiger partial charge in [0.15, 0.2) is 5.78 Å². The molecule has 4 nitrogen and oxygen atoms in total. The summed E-state index contributed by atoms with van der Waals surface area (Å²) >= 11 is 2.29. The van der Waals surface area contributed by atoms with Crippen LogP contribution in [0.25, 0.3) is 0 Å². The lowest BCUT2D eigenvalue weighted by molar-refractivity contribution is 0.0976. The maximum Gasteiger partial charge on any atom is 0.165 e. The fourth-order valence-corrected chi connectivity index (χ4v) is 3.57. The lowest BCUT2D eigenvalue weighted by Gasteiger charge is -2.21. The van der Waals surface area contributed by atoms with Crippen molar-refractivity contribution in [2.45, 2.75) is 32.2 Å². The second-order valence-electron chi connectivity index (χ2n) is 7.33. The van der Waals surface area contributed by atoms with Crippen LogP contribution in [0.5, 0.6) is 11.5 Å². The number of carbonyl (C=O) groups is 1. The molecular weight excluding hydrogens is 501 g/mol. The molecule has 0 aliphatic heterocycles. The third-order valence-corrected chi connectivity index (χ3v) is 5.75. The van der Waals surface area contributed by atoms with E-state index in [2.05, 4.69) is 47.0 Å². The molecule has 0 saturated heterocycles. The average molecular weight is 529 g/mol. The third kappa shape index (κ3) is 6.99. The lowest BCUT2D eigenvalue weighted by Crippen LogP contribution is -2.16. The SMILES string of the molecule is CCCCOc1ccc([C@@H](CC(=O)c2ccc(OC)cc2)Nc2ccc(I)cc2)cc1. The first-order chi connectivity index (χ1) is 15.1. The second-order valence-corrected chi connectivity index (χ2v) is 8.58. The lowest BCUT2D eigenvalue weighted by atomic mass is 9.97. The molecule has 5 heteroatoms. The standard InChI is InChI=1S/C26H28INO3/c1-3-4-17-31-24-15-5-19(6-16-24)25(28-22-11-9-21(27)10-12-22)18-26(29)20-7-13-23(30-2)14-8-20/h5-16,25,28H,3-4,17-18H2,1-2H3/t25-/m1/s1. The van der Waals surface area contributed by atoms with Gasteiger partial charge in [0.1, 0.15) is 11.5 Å². The van der Waals surface area contributed by atoms with Gasteiger partial charge in [-0.2, -0.15) is 0 Å². The van der Waals surface area contributed by atoms with Crippen molar-refractivity contribution in [3.05, 3.63) is 87.5 Å². The molecule has 3 aromatic carbocycles. The number of Topliss-reactive ketones (excluding diaryl/α,β-unsaturated/α-hetero) is 1. The summed E-state index contributed by atoms with van der Waals surface area (Å²) < 4.78 is 12.2. The van der Waals surface area contributed by atoms with Gasteiger partial charge in [-0.1, -0.05) is 25.5 Å². The van der Waals surface area contributed by atoms with Gasteiger partial charge in [-0.15, -0.1) is 0 Å². The second kappa shape index (κ2) is 11.7. The molecule has 0 bridgehead atoms. The summed E-state index contributed by atoms with van der Waals surface area (Å²) in [5.41, 5.74) is 2.70. The van der Waals surface area contributed by atoms with Crippen LogP contribution in [0.4, 0.5) is 5.69 Å². The monoisotopic (exact) mass is 529 g/mol. The molecule has 1 N–H and O–H groups in total. The van der Waals surface area contributed by atoms with E-state index in [-0.39, 0.29) is 11.8 Å². The summed E-state index contributed by atoms with van der Waals surface area (Å²) in [7, 11) is 1.62. The largest absolute Gasteiger partial charge is 0.497 e. The Morgan fingerprint density at radius 3 is 2.19 bits per heavy atom. The first kappa shape index (κ1) is 23.1. The fraction of sp³-hybridized carbons (Fsp3) is 0.269. The van der Waals surface area contributed by atoms with Crippen molar-refractivity contribution in [2.24, 2.45) is 0 Å². The molecule has 0 aliphatic rings. The summed E-state index contributed by atoms with van der Waals surface area (Å²) in [5.74, 6) is 1.67. The van der Waals surface area contributed by atoms with Gasteiger partial charge in [0, 0.05) is 21.2 Å². The van der Waals surface area contributed by atoms with Crippen molar-refractivity contribution in [2.75, 3.05) is 19.0 Å². The van der Waals surface area contributed by atoms with Crippen LogP contribution in [0.3, 0.4) is 0 Å². The molecule has 3 aromatic rings. The Morgan fingerprint density at radius 1 is 0.935 bits per heavy atom. The minimum Gasteiger partial charge on any atom is -0.497 e. The van der Waals surface area contributed by atoms with E-state index < -0.39 is 0 Å². The van der Waals surface area contributed by atoms with E-state index in [1.807, 2.05) is 60.7 Å². The van der Waals surface area contributed by atoms with E-state index in [0.29, 0.717) is 12.0 Å². The van der Waals surface area contributed by atoms with E-state index in [0.717, 1.165) is 42.2 Å². The number of halogens is 1. The Balaban J connectivity index is 1.78. The van der Waals surface area contributed by atoms with Crippen LogP contribution >= 0.6 is 22.6 Å². The molecule has 0 amide bonds. The van der Waals surface area contributed by atoms with E-state index in [4.69, 9.17) is 9.47 Å². The van der Waals surface area contributed by atoms with Gasteiger partial charge in [-0.3, -0.25) is 4.79 Å². The van der Waals surface area contributed by atoms with Crippen LogP contribution < -0.4 is 14.8 Å². The summed E-state index contributed by atoms with van der Waals surface area (Å²) in [6.07, 6.45) is 2.48. The van der Waals surface area contributed by atoms with Gasteiger partial charge >= 0.3 is 0 Å². The van der Waals surface area contributed by atoms with Gasteiger partial charge in [0.2, 0.25) is 0 Å². The number of anilines is 1. The van der Waals surface area contributed by atoms with E-state index in [1.165, 1.54) is 3.57 Å². The van der Waals surface area contributed by atoms with Crippen LogP contribution in [-0.4, -0.2) is 19.5 Å². The minimum atomic E-state index is -0.153. The molecule has 0 spiro atoms. The highest BCUT2D eigenvalue weighted by Gasteiger charge is 2.18. The van der Waals surface area contributed by atoms with Crippen LogP contribution in [0.2, 0.25) is 0 Å². The highest BCUT2D eigenvalue weighted by Crippen LogP contribution is 2.27. The number of nitrogens with one attached hydrogen (secondary N) is 1. The minimum absolute atomic E-state index is 0.0777. The summed E-state index contributed by atoms with van der Waals surface area (Å²) in [5, 5.41) is 3.53. The third-order valence-electron chi connectivity index (χ3n) is 5.04. The van der Waals surface area contributed by atoms with Gasteiger partial charge in [0.25, 0.3) is 0 Å². The molecule has 0 radical (unpaired) electrons. The highest BCUT2D eigenvalue weighted by molar-refractivity contribution is 14.1. The molecule has 0 fully saturated rings. The summed E-state index contributed by atoms with van der Waals surface area (Å²) in [6, 6.07) is 23.3. The summed E-state index contributed by atoms with van der Waals surface area (Å²) in [4.78, 5) is 13.0. The first-order valence-corrected chi connectivity index (χ1v) is 11.6. The number of methoxy groups -OCH3 is 1. The molecule has 0 saturated carbocycles. The predicted octanol–water partition coefficient (Wildman–Crippen LogP) is 6.90. The summed E-state index contributed by atoms with van der Waals surface area (Å²) in [6.45, 7) is 2.86. The van der Waals surface area contributed by atoms with Crippen LogP contribution in [-0.2, 0) is 0 Å². The molecule has 0 heterocycles.